The van der Waals surface area contributed by atoms with Gasteiger partial charge in [-0.1, -0.05) is 55.8 Å². The fraction of sp³-hybridized carbons (Fsp3) is 0.286. The van der Waals surface area contributed by atoms with E-state index in [1.54, 1.807) is 24.3 Å². The molecule has 0 saturated carbocycles. The van der Waals surface area contributed by atoms with E-state index in [9.17, 15) is 13.2 Å². The second kappa shape index (κ2) is 10.8. The molecule has 0 fully saturated rings. The first-order valence-electron chi connectivity index (χ1n) is 11.7. The van der Waals surface area contributed by atoms with Crippen LogP contribution in [0.4, 0.5) is 17.6 Å². The van der Waals surface area contributed by atoms with Gasteiger partial charge in [-0.3, -0.25) is 0 Å². The Morgan fingerprint density at radius 1 is 0.743 bits per heavy atom. The average Bonchev–Trinajstić information content (AvgIpc) is 2.83. The lowest BCUT2D eigenvalue weighted by molar-refractivity contribution is -0.274. The highest BCUT2D eigenvalue weighted by atomic mass is 19.4. The number of hydrogen-bond donors (Lipinski definition) is 0. The Morgan fingerprint density at radius 2 is 1.43 bits per heavy atom. The van der Waals surface area contributed by atoms with Crippen molar-refractivity contribution in [1.29, 1.82) is 0 Å². The number of halogens is 4. The van der Waals surface area contributed by atoms with Crippen LogP contribution >= 0.6 is 0 Å². The quantitative estimate of drug-likeness (QED) is 0.237. The molecule has 0 saturated heterocycles. The number of hydrogen-bond acceptors (Lipinski definition) is 3. The zero-order valence-electron chi connectivity index (χ0n) is 19.4. The van der Waals surface area contributed by atoms with E-state index in [1.165, 1.54) is 12.1 Å². The van der Waals surface area contributed by atoms with Gasteiger partial charge in [-0.05, 0) is 65.5 Å². The van der Waals surface area contributed by atoms with Crippen molar-refractivity contribution in [3.05, 3.63) is 101 Å². The average molecular weight is 483 g/mol. The molecule has 1 aromatic heterocycles. The number of rotatable bonds is 9. The lowest BCUT2D eigenvalue weighted by Crippen LogP contribution is -2.17. The lowest BCUT2D eigenvalue weighted by atomic mass is 9.98. The molecule has 0 spiro atoms. The van der Waals surface area contributed by atoms with Gasteiger partial charge in [0.05, 0.1) is 0 Å². The highest BCUT2D eigenvalue weighted by Gasteiger charge is 2.30. The summed E-state index contributed by atoms with van der Waals surface area (Å²) in [7, 11) is 0. The maximum atomic E-state index is 15.1. The Morgan fingerprint density at radius 3 is 2.11 bits per heavy atom. The molecule has 0 N–H and O–H groups in total. The van der Waals surface area contributed by atoms with Gasteiger partial charge in [0.25, 0.3) is 0 Å². The maximum absolute atomic E-state index is 15.1. The summed E-state index contributed by atoms with van der Waals surface area (Å²) in [6.45, 7) is 2.12. The summed E-state index contributed by atoms with van der Waals surface area (Å²) >= 11 is 0. The number of ether oxygens (including phenoxy) is 1. The van der Waals surface area contributed by atoms with Gasteiger partial charge >= 0.3 is 6.36 Å². The number of aromatic nitrogens is 2. The molecule has 182 valence electrons. The first-order chi connectivity index (χ1) is 16.8. The second-order valence-corrected chi connectivity index (χ2v) is 8.54. The molecule has 4 aromatic rings. The summed E-state index contributed by atoms with van der Waals surface area (Å²) in [5.74, 6) is 0.263. The van der Waals surface area contributed by atoms with Crippen LogP contribution in [-0.4, -0.2) is 16.3 Å². The van der Waals surface area contributed by atoms with Gasteiger partial charge in [0.2, 0.25) is 0 Å². The number of benzene rings is 3. The standard InChI is InChI=1S/C28H26F4N2O/c1-2-3-21-17-33-26(34-18-21)15-8-20-7-14-25-23(16-20)11-10-22(27(25)29)9-4-19-5-12-24(13-6-19)35-28(30,31)32/h5-7,10-14,16-18H,2-4,8-9,15H2,1H3. The molecule has 0 aliphatic carbocycles. The van der Waals surface area contributed by atoms with E-state index in [4.69, 9.17) is 0 Å². The molecule has 0 aliphatic heterocycles. The van der Waals surface area contributed by atoms with Crippen LogP contribution in [0.1, 0.15) is 41.4 Å². The zero-order valence-corrected chi connectivity index (χ0v) is 19.4. The third-order valence-electron chi connectivity index (χ3n) is 5.87. The van der Waals surface area contributed by atoms with Crippen molar-refractivity contribution >= 4 is 10.8 Å². The molecule has 0 radical (unpaired) electrons. The Balaban J connectivity index is 1.38. The van der Waals surface area contributed by atoms with Crippen LogP contribution in [0.15, 0.2) is 67.0 Å². The molecule has 1 heterocycles. The molecular weight excluding hydrogens is 456 g/mol. The predicted octanol–water partition coefficient (Wildman–Crippen LogP) is 7.19. The number of aryl methyl sites for hydroxylation is 5. The van der Waals surface area contributed by atoms with Gasteiger partial charge < -0.3 is 4.74 Å². The third-order valence-corrected chi connectivity index (χ3v) is 5.87. The van der Waals surface area contributed by atoms with Crippen molar-refractivity contribution in [2.75, 3.05) is 0 Å². The molecule has 0 aliphatic rings. The first-order valence-corrected chi connectivity index (χ1v) is 11.7. The summed E-state index contributed by atoms with van der Waals surface area (Å²) in [6, 6.07) is 15.1. The molecule has 4 rings (SSSR count). The highest BCUT2D eigenvalue weighted by Crippen LogP contribution is 2.26. The smallest absolute Gasteiger partial charge is 0.406 e. The molecule has 3 aromatic carbocycles. The minimum absolute atomic E-state index is 0.263. The molecule has 0 atom stereocenters. The molecule has 0 unspecified atom stereocenters. The molecular formula is C28H26F4N2O. The molecule has 3 nitrogen and oxygen atoms in total. The molecule has 7 heteroatoms. The summed E-state index contributed by atoms with van der Waals surface area (Å²) in [5, 5.41) is 1.39. The van der Waals surface area contributed by atoms with Crippen LogP contribution in [0.5, 0.6) is 5.75 Å². The van der Waals surface area contributed by atoms with Crippen LogP contribution in [0.3, 0.4) is 0 Å². The number of fused-ring (bicyclic) bond motifs is 1. The van der Waals surface area contributed by atoms with E-state index in [0.717, 1.165) is 47.2 Å². The first kappa shape index (κ1) is 24.6. The number of alkyl halides is 3. The molecule has 35 heavy (non-hydrogen) atoms. The van der Waals surface area contributed by atoms with Crippen LogP contribution in [-0.2, 0) is 32.1 Å². The summed E-state index contributed by atoms with van der Waals surface area (Å²) in [4.78, 5) is 8.88. The Labute approximate surface area is 201 Å². The highest BCUT2D eigenvalue weighted by molar-refractivity contribution is 5.84. The van der Waals surface area contributed by atoms with Gasteiger partial charge in [-0.15, -0.1) is 13.2 Å². The Hall–Kier alpha value is -3.48. The van der Waals surface area contributed by atoms with Gasteiger partial charge in [0.15, 0.2) is 0 Å². The van der Waals surface area contributed by atoms with Crippen molar-refractivity contribution in [3.63, 3.8) is 0 Å². The lowest BCUT2D eigenvalue weighted by Gasteiger charge is -2.10. The van der Waals surface area contributed by atoms with Crippen molar-refractivity contribution in [3.8, 4) is 5.75 Å². The molecule has 0 bridgehead atoms. The number of nitrogens with zero attached hydrogens (tertiary/aromatic N) is 2. The topological polar surface area (TPSA) is 35.0 Å². The second-order valence-electron chi connectivity index (χ2n) is 8.54. The van der Waals surface area contributed by atoms with Crippen LogP contribution in [0.2, 0.25) is 0 Å². The van der Waals surface area contributed by atoms with Crippen molar-refractivity contribution in [2.45, 2.75) is 51.8 Å². The van der Waals surface area contributed by atoms with Crippen molar-refractivity contribution in [1.82, 2.24) is 9.97 Å². The van der Waals surface area contributed by atoms with E-state index in [-0.39, 0.29) is 11.6 Å². The predicted molar refractivity (Wildman–Crippen MR) is 128 cm³/mol. The largest absolute Gasteiger partial charge is 0.573 e. The minimum Gasteiger partial charge on any atom is -0.406 e. The van der Waals surface area contributed by atoms with Crippen molar-refractivity contribution in [2.24, 2.45) is 0 Å². The summed E-state index contributed by atoms with van der Waals surface area (Å²) in [6.07, 6.45) is 3.50. The van der Waals surface area contributed by atoms with Crippen molar-refractivity contribution < 1.29 is 22.3 Å². The van der Waals surface area contributed by atoms with Crippen LogP contribution in [0, 0.1) is 5.82 Å². The normalized spacial score (nSPS) is 11.7. The SMILES string of the molecule is CCCc1cnc(CCc2ccc3c(F)c(CCc4ccc(OC(F)(F)F)cc4)ccc3c2)nc1. The van der Waals surface area contributed by atoms with E-state index in [1.807, 2.05) is 30.6 Å². The van der Waals surface area contributed by atoms with E-state index in [2.05, 4.69) is 21.6 Å². The van der Waals surface area contributed by atoms with E-state index < -0.39 is 6.36 Å². The van der Waals surface area contributed by atoms with Crippen LogP contribution in [0.25, 0.3) is 10.8 Å². The maximum Gasteiger partial charge on any atom is 0.573 e. The Bertz CT molecular complexity index is 1270. The Kier molecular flexibility index (Phi) is 7.63. The third kappa shape index (κ3) is 6.78. The fourth-order valence-electron chi connectivity index (χ4n) is 4.06. The minimum atomic E-state index is -4.72. The summed E-state index contributed by atoms with van der Waals surface area (Å²) in [5.41, 5.74) is 3.61. The van der Waals surface area contributed by atoms with Gasteiger partial charge in [-0.25, -0.2) is 14.4 Å². The fourth-order valence-corrected chi connectivity index (χ4v) is 4.06. The van der Waals surface area contributed by atoms with Gasteiger partial charge in [-0.2, -0.15) is 0 Å². The summed E-state index contributed by atoms with van der Waals surface area (Å²) < 4.78 is 55.9. The van der Waals surface area contributed by atoms with Gasteiger partial charge in [0, 0.05) is 24.2 Å². The van der Waals surface area contributed by atoms with Crippen LogP contribution < -0.4 is 4.74 Å². The van der Waals surface area contributed by atoms with Gasteiger partial charge in [0.1, 0.15) is 17.4 Å². The molecule has 0 amide bonds. The van der Waals surface area contributed by atoms with E-state index in [0.29, 0.717) is 30.2 Å². The zero-order chi connectivity index (χ0) is 24.8. The van der Waals surface area contributed by atoms with E-state index >= 15 is 4.39 Å². The monoisotopic (exact) mass is 482 g/mol.